The Kier molecular flexibility index (Phi) is 5.01. The molecule has 1 N–H and O–H groups in total. The van der Waals surface area contributed by atoms with Gasteiger partial charge in [0.2, 0.25) is 17.7 Å². The minimum absolute atomic E-state index is 0.176. The van der Waals surface area contributed by atoms with E-state index in [0.29, 0.717) is 19.4 Å². The molecule has 25 heavy (non-hydrogen) atoms. The highest BCUT2D eigenvalue weighted by atomic mass is 16.2. The fourth-order valence-electron chi connectivity index (χ4n) is 3.58. The van der Waals surface area contributed by atoms with Crippen LogP contribution in [-0.2, 0) is 20.9 Å². The fourth-order valence-corrected chi connectivity index (χ4v) is 3.58. The Morgan fingerprint density at radius 2 is 1.84 bits per heavy atom. The Bertz CT molecular complexity index is 696. The van der Waals surface area contributed by atoms with Crippen LogP contribution in [0.5, 0.6) is 0 Å². The van der Waals surface area contributed by atoms with Gasteiger partial charge in [-0.3, -0.25) is 24.0 Å². The molecule has 2 atom stereocenters. The summed E-state index contributed by atoms with van der Waals surface area (Å²) in [6, 6.07) is 2.01. The van der Waals surface area contributed by atoms with Crippen molar-refractivity contribution in [2.75, 3.05) is 13.1 Å². The second-order valence-corrected chi connectivity index (χ2v) is 6.77. The predicted molar refractivity (Wildman–Crippen MR) is 91.4 cm³/mol. The summed E-state index contributed by atoms with van der Waals surface area (Å²) in [5.74, 6) is -1.27. The molecule has 1 aromatic rings. The van der Waals surface area contributed by atoms with Gasteiger partial charge >= 0.3 is 0 Å². The number of hydrogen-bond acceptors (Lipinski definition) is 4. The maximum absolute atomic E-state index is 12.3. The third-order valence-electron chi connectivity index (χ3n) is 4.87. The zero-order chi connectivity index (χ0) is 18.0. The highest BCUT2D eigenvalue weighted by Crippen LogP contribution is 2.34. The number of hydrogen-bond donors (Lipinski definition) is 1. The Morgan fingerprint density at radius 1 is 1.20 bits per heavy atom. The van der Waals surface area contributed by atoms with E-state index >= 15 is 0 Å². The lowest BCUT2D eigenvalue weighted by Crippen LogP contribution is -2.41. The Morgan fingerprint density at radius 3 is 2.40 bits per heavy atom. The lowest BCUT2D eigenvalue weighted by Gasteiger charge is -2.14. The summed E-state index contributed by atoms with van der Waals surface area (Å²) in [5, 5.41) is 7.16. The zero-order valence-electron chi connectivity index (χ0n) is 14.7. The van der Waals surface area contributed by atoms with Crippen molar-refractivity contribution in [1.82, 2.24) is 20.0 Å². The summed E-state index contributed by atoms with van der Waals surface area (Å²) in [6.07, 6.45) is 5.81. The maximum atomic E-state index is 12.3. The summed E-state index contributed by atoms with van der Waals surface area (Å²) in [4.78, 5) is 37.8. The first-order chi connectivity index (χ1) is 12.0. The van der Waals surface area contributed by atoms with E-state index in [1.807, 2.05) is 36.7 Å². The molecule has 2 aliphatic rings. The first-order valence-electron chi connectivity index (χ1n) is 8.75. The number of nitrogens with one attached hydrogen (secondary N) is 1. The van der Waals surface area contributed by atoms with Crippen molar-refractivity contribution in [2.24, 2.45) is 11.8 Å². The minimum atomic E-state index is -0.290. The van der Waals surface area contributed by atoms with Crippen LogP contribution in [0.3, 0.4) is 0 Å². The van der Waals surface area contributed by atoms with Gasteiger partial charge in [0, 0.05) is 18.8 Å². The number of likely N-dealkylation sites (tertiary alicyclic amines) is 1. The van der Waals surface area contributed by atoms with Crippen LogP contribution < -0.4 is 5.32 Å². The molecule has 1 fully saturated rings. The Balaban J connectivity index is 1.44. The van der Waals surface area contributed by atoms with Gasteiger partial charge in [-0.25, -0.2) is 0 Å². The smallest absolute Gasteiger partial charge is 0.240 e. The van der Waals surface area contributed by atoms with E-state index in [-0.39, 0.29) is 36.1 Å². The van der Waals surface area contributed by atoms with E-state index in [2.05, 4.69) is 10.4 Å². The van der Waals surface area contributed by atoms with Gasteiger partial charge in [-0.2, -0.15) is 5.10 Å². The lowest BCUT2D eigenvalue weighted by atomic mass is 9.85. The van der Waals surface area contributed by atoms with E-state index in [1.54, 1.807) is 0 Å². The van der Waals surface area contributed by atoms with Crippen LogP contribution in [-0.4, -0.2) is 45.5 Å². The first kappa shape index (κ1) is 17.4. The van der Waals surface area contributed by atoms with Crippen molar-refractivity contribution in [3.05, 3.63) is 29.6 Å². The molecule has 1 saturated heterocycles. The number of aromatic nitrogens is 2. The van der Waals surface area contributed by atoms with Crippen LogP contribution in [0, 0.1) is 25.7 Å². The molecule has 0 spiro atoms. The highest BCUT2D eigenvalue weighted by molar-refractivity contribution is 6.07. The molecule has 1 aliphatic carbocycles. The molecule has 1 aliphatic heterocycles. The van der Waals surface area contributed by atoms with Crippen molar-refractivity contribution in [1.29, 1.82) is 0 Å². The minimum Gasteiger partial charge on any atom is -0.354 e. The van der Waals surface area contributed by atoms with Crippen molar-refractivity contribution < 1.29 is 14.4 Å². The number of imide groups is 1. The molecule has 3 rings (SSSR count). The number of amides is 3. The van der Waals surface area contributed by atoms with Crippen molar-refractivity contribution >= 4 is 17.7 Å². The van der Waals surface area contributed by atoms with Crippen LogP contribution in [0.1, 0.15) is 30.7 Å². The van der Waals surface area contributed by atoms with Gasteiger partial charge in [0.1, 0.15) is 6.54 Å². The summed E-state index contributed by atoms with van der Waals surface area (Å²) in [5.41, 5.74) is 2.07. The Labute approximate surface area is 147 Å². The second kappa shape index (κ2) is 7.21. The number of carbonyl (C=O) groups excluding carboxylic acids is 3. The SMILES string of the molecule is Cc1cc(C)n(CCCNC(=O)CN2C(=O)[C@@H]3CC=CC[C@H]3C2=O)n1. The quantitative estimate of drug-likeness (QED) is 0.473. The van der Waals surface area contributed by atoms with Crippen LogP contribution in [0.15, 0.2) is 18.2 Å². The Hall–Kier alpha value is -2.44. The normalized spacial score (nSPS) is 22.4. The largest absolute Gasteiger partial charge is 0.354 e. The van der Waals surface area contributed by atoms with Crippen molar-refractivity contribution in [3.8, 4) is 0 Å². The first-order valence-corrected chi connectivity index (χ1v) is 8.75. The van der Waals surface area contributed by atoms with E-state index in [1.165, 1.54) is 0 Å². The molecule has 134 valence electrons. The van der Waals surface area contributed by atoms with Gasteiger partial charge < -0.3 is 5.32 Å². The number of allylic oxidation sites excluding steroid dienone is 2. The number of nitrogens with zero attached hydrogens (tertiary/aromatic N) is 3. The average Bonchev–Trinajstić information content (AvgIpc) is 3.03. The van der Waals surface area contributed by atoms with Crippen molar-refractivity contribution in [2.45, 2.75) is 39.7 Å². The molecule has 7 nitrogen and oxygen atoms in total. The van der Waals surface area contributed by atoms with Gasteiger partial charge in [-0.05, 0) is 39.2 Å². The molecule has 0 unspecified atom stereocenters. The number of carbonyl (C=O) groups is 3. The zero-order valence-corrected chi connectivity index (χ0v) is 14.7. The van der Waals surface area contributed by atoms with E-state index < -0.39 is 0 Å². The molecule has 0 radical (unpaired) electrons. The van der Waals surface area contributed by atoms with Gasteiger partial charge in [0.05, 0.1) is 17.5 Å². The summed E-state index contributed by atoms with van der Waals surface area (Å²) in [7, 11) is 0. The molecule has 1 aromatic heterocycles. The van der Waals surface area contributed by atoms with Crippen LogP contribution in [0.4, 0.5) is 0 Å². The third kappa shape index (κ3) is 3.65. The molecule has 0 saturated carbocycles. The van der Waals surface area contributed by atoms with E-state index in [9.17, 15) is 14.4 Å². The summed E-state index contributed by atoms with van der Waals surface area (Å²) in [6.45, 7) is 4.98. The number of aryl methyl sites for hydroxylation is 3. The maximum Gasteiger partial charge on any atom is 0.240 e. The van der Waals surface area contributed by atoms with Gasteiger partial charge in [-0.1, -0.05) is 12.2 Å². The monoisotopic (exact) mass is 344 g/mol. The molecular formula is C18H24N4O3. The molecule has 0 aromatic carbocycles. The fraction of sp³-hybridized carbons (Fsp3) is 0.556. The molecule has 7 heteroatoms. The second-order valence-electron chi connectivity index (χ2n) is 6.77. The predicted octanol–water partition coefficient (Wildman–Crippen LogP) is 0.957. The highest BCUT2D eigenvalue weighted by Gasteiger charge is 2.47. The molecule has 2 heterocycles. The lowest BCUT2D eigenvalue weighted by molar-refractivity contribution is -0.143. The molecular weight excluding hydrogens is 320 g/mol. The van der Waals surface area contributed by atoms with Crippen LogP contribution in [0.25, 0.3) is 0 Å². The van der Waals surface area contributed by atoms with Crippen LogP contribution in [0.2, 0.25) is 0 Å². The topological polar surface area (TPSA) is 84.3 Å². The van der Waals surface area contributed by atoms with Gasteiger partial charge in [-0.15, -0.1) is 0 Å². The van der Waals surface area contributed by atoms with Crippen molar-refractivity contribution in [3.63, 3.8) is 0 Å². The third-order valence-corrected chi connectivity index (χ3v) is 4.87. The van der Waals surface area contributed by atoms with Gasteiger partial charge in [0.15, 0.2) is 0 Å². The molecule has 0 bridgehead atoms. The van der Waals surface area contributed by atoms with Gasteiger partial charge in [0.25, 0.3) is 0 Å². The van der Waals surface area contributed by atoms with Crippen LogP contribution >= 0.6 is 0 Å². The van der Waals surface area contributed by atoms with E-state index in [0.717, 1.165) is 29.3 Å². The average molecular weight is 344 g/mol. The number of rotatable bonds is 6. The number of fused-ring (bicyclic) bond motifs is 1. The standard InChI is InChI=1S/C18H24N4O3/c1-12-10-13(2)22(20-12)9-5-8-19-16(23)11-21-17(24)14-6-3-4-7-15(14)18(21)25/h3-4,10,14-15H,5-9,11H2,1-2H3,(H,19,23)/t14-,15-/m1/s1. The summed E-state index contributed by atoms with van der Waals surface area (Å²) < 4.78 is 1.91. The molecule has 3 amide bonds. The van der Waals surface area contributed by atoms with E-state index in [4.69, 9.17) is 0 Å². The summed E-state index contributed by atoms with van der Waals surface area (Å²) >= 11 is 0.